The van der Waals surface area contributed by atoms with E-state index in [1.807, 2.05) is 0 Å². The first-order valence-corrected chi connectivity index (χ1v) is 2.90. The van der Waals surface area contributed by atoms with E-state index in [0.717, 1.165) is 6.20 Å². The van der Waals surface area contributed by atoms with Gasteiger partial charge in [-0.05, 0) is 0 Å². The highest BCUT2D eigenvalue weighted by Crippen LogP contribution is 1.90. The number of aromatic carboxylic acids is 1. The number of nitrogens with zero attached hydrogens (tertiary/aromatic N) is 2. The van der Waals surface area contributed by atoms with Crippen LogP contribution in [0.5, 0.6) is 0 Å². The van der Waals surface area contributed by atoms with Gasteiger partial charge in [-0.15, -0.1) is 0 Å². The fourth-order valence-corrected chi connectivity index (χ4v) is 0.577. The summed E-state index contributed by atoms with van der Waals surface area (Å²) in [5.41, 5.74) is 0.126. The summed E-state index contributed by atoms with van der Waals surface area (Å²) in [5.74, 6) is -1.20. The van der Waals surface area contributed by atoms with Crippen molar-refractivity contribution in [1.82, 2.24) is 4.98 Å². The zero-order valence-electron chi connectivity index (χ0n) is 5.81. The second-order valence-electron chi connectivity index (χ2n) is 2.04. The zero-order valence-corrected chi connectivity index (χ0v) is 5.81. The molecule has 1 heterocycles. The predicted octanol–water partition coefficient (Wildman–Crippen LogP) is -0.278. The van der Waals surface area contributed by atoms with E-state index < -0.39 is 5.97 Å². The van der Waals surface area contributed by atoms with Crippen molar-refractivity contribution in [3.05, 3.63) is 29.0 Å². The molecule has 1 aromatic heterocycles. The Kier molecular flexibility index (Phi) is 1.72. The van der Waals surface area contributed by atoms with E-state index in [-0.39, 0.29) is 5.69 Å². The molecule has 0 spiro atoms. The Morgan fingerprint density at radius 2 is 2.45 bits per heavy atom. The van der Waals surface area contributed by atoms with Crippen molar-refractivity contribution in [2.24, 2.45) is 0 Å². The first-order valence-electron chi connectivity index (χ1n) is 2.90. The molecule has 0 bridgehead atoms. The third-order valence-corrected chi connectivity index (χ3v) is 1.20. The molecule has 0 aliphatic heterocycles. The van der Waals surface area contributed by atoms with E-state index in [0.29, 0.717) is 10.4 Å². The second-order valence-corrected chi connectivity index (χ2v) is 2.04. The van der Waals surface area contributed by atoms with Gasteiger partial charge < -0.3 is 10.3 Å². The molecule has 0 amide bonds. The SMILES string of the molecule is Cc1c[15n][13c]([13C](=O)O)c[15n+]1[O-]. The number of carboxylic acid groups (broad SMARTS) is 1. The fraction of sp³-hybridized carbons (Fsp3) is 0.167. The number of hydrogen-bond donors (Lipinski definition) is 1. The highest BCUT2D eigenvalue weighted by Gasteiger charge is 2.09. The number of carbonyl (C=O) groups is 1. The van der Waals surface area contributed by atoms with Gasteiger partial charge in [0.1, 0.15) is 0 Å². The van der Waals surface area contributed by atoms with Crippen LogP contribution in [0.25, 0.3) is 0 Å². The van der Waals surface area contributed by atoms with Crippen molar-refractivity contribution in [2.45, 2.75) is 6.92 Å². The van der Waals surface area contributed by atoms with Crippen LogP contribution in [0.15, 0.2) is 12.4 Å². The summed E-state index contributed by atoms with van der Waals surface area (Å²) in [4.78, 5) is 13.8. The van der Waals surface area contributed by atoms with Gasteiger partial charge in [-0.3, -0.25) is 0 Å². The molecule has 0 aliphatic carbocycles. The van der Waals surface area contributed by atoms with Gasteiger partial charge >= 0.3 is 5.97 Å². The summed E-state index contributed by atoms with van der Waals surface area (Å²) >= 11 is 0. The Bertz CT molecular complexity index is 298. The van der Waals surface area contributed by atoms with Crippen molar-refractivity contribution in [3.8, 4) is 0 Å². The van der Waals surface area contributed by atoms with Gasteiger partial charge in [0.25, 0.3) is 0 Å². The lowest BCUT2D eigenvalue weighted by Gasteiger charge is -1.98. The normalized spacial score (nSPS) is 9.55. The number of hydrogen-bond acceptors (Lipinski definition) is 3. The Labute approximate surface area is 62.5 Å². The fourth-order valence-electron chi connectivity index (χ4n) is 0.577. The monoisotopic (exact) mass is 158 g/mol. The maximum absolute atomic E-state index is 10.8. The second kappa shape index (κ2) is 2.53. The molecule has 1 aromatic rings. The van der Waals surface area contributed by atoms with Crippen molar-refractivity contribution in [1.29, 1.82) is 0 Å². The average molecular weight is 158 g/mol. The molecule has 0 aromatic carbocycles. The van der Waals surface area contributed by atoms with Gasteiger partial charge in [0.05, 0.1) is 6.20 Å². The standard InChI is InChI=1S/C6H6N2O3/c1-4-2-7-5(6(9)10)3-8(4)11/h2-3H,1H3,(H,9,10)/i5+1,6+1,7+1,8+1. The lowest BCUT2D eigenvalue weighted by atomic mass is 10.6. The van der Waals surface area contributed by atoms with E-state index in [4.69, 9.17) is 5.11 Å². The summed E-state index contributed by atoms with van der Waals surface area (Å²) < 4.78 is 0.469. The van der Waals surface area contributed by atoms with Crippen molar-refractivity contribution < 1.29 is 14.6 Å². The van der Waals surface area contributed by atoms with Crippen molar-refractivity contribution >= 4 is 5.97 Å². The molecule has 5 nitrogen and oxygen atoms in total. The van der Waals surface area contributed by atoms with Gasteiger partial charge in [-0.2, -0.15) is 4.73 Å². The summed E-state index contributed by atoms with van der Waals surface area (Å²) in [6.45, 7) is 1.55. The first kappa shape index (κ1) is 7.46. The quantitative estimate of drug-likeness (QED) is 0.346. The molecule has 11 heavy (non-hydrogen) atoms. The molecule has 0 saturated heterocycles. The van der Waals surface area contributed by atoms with Crippen LogP contribution in [-0.4, -0.2) is 16.1 Å². The average Bonchev–Trinajstić information content (AvgIpc) is 1.94. The highest BCUT2D eigenvalue weighted by atomic mass is 16.7. The van der Waals surface area contributed by atoms with Crippen LogP contribution in [0.1, 0.15) is 16.2 Å². The molecular formula is C6H6N2O3. The largest absolute Gasteiger partial charge is 0.618 e. The Hall–Kier alpha value is -1.65. The van der Waals surface area contributed by atoms with E-state index in [9.17, 15) is 10.0 Å². The van der Waals surface area contributed by atoms with Crippen LogP contribution < -0.4 is 4.73 Å². The number of carboxylic acids is 1. The van der Waals surface area contributed by atoms with Gasteiger partial charge in [-0.25, -0.2) is 9.78 Å². The van der Waals surface area contributed by atoms with E-state index in [1.54, 1.807) is 6.92 Å². The maximum atomic E-state index is 10.8. The zero-order chi connectivity index (χ0) is 8.43. The van der Waals surface area contributed by atoms with Gasteiger partial charge in [-0.1, -0.05) is 0 Å². The Balaban J connectivity index is 3.15. The van der Waals surface area contributed by atoms with Crippen LogP contribution in [-0.2, 0) is 0 Å². The lowest BCUT2D eigenvalue weighted by molar-refractivity contribution is -0.613. The maximum Gasteiger partial charge on any atom is 0.360 e. The van der Waals surface area contributed by atoms with Crippen LogP contribution in [0.3, 0.4) is 0 Å². The van der Waals surface area contributed by atoms with Crippen molar-refractivity contribution in [2.75, 3.05) is 0 Å². The van der Waals surface area contributed by atoms with Crippen LogP contribution >= 0.6 is 0 Å². The highest BCUT2D eigenvalue weighted by molar-refractivity contribution is 5.84. The molecule has 5 heteroatoms. The summed E-state index contributed by atoms with van der Waals surface area (Å²) in [7, 11) is 0. The van der Waals surface area contributed by atoms with Gasteiger partial charge in [0.2, 0.25) is 17.6 Å². The van der Waals surface area contributed by atoms with Crippen LogP contribution in [0.2, 0.25) is 0 Å². The third-order valence-electron chi connectivity index (χ3n) is 1.20. The van der Waals surface area contributed by atoms with Crippen LogP contribution in [0, 0.1) is 12.1 Å². The smallest absolute Gasteiger partial charge is 0.360 e. The topological polar surface area (TPSA) is 77.1 Å². The number of aromatic nitrogens is 2. The molecule has 1 N–H and O–H groups in total. The van der Waals surface area contributed by atoms with E-state index >= 15 is 0 Å². The van der Waals surface area contributed by atoms with Gasteiger partial charge in [0, 0.05) is 6.92 Å². The van der Waals surface area contributed by atoms with E-state index in [1.165, 1.54) is 6.20 Å². The molecule has 0 atom stereocenters. The molecule has 0 saturated carbocycles. The van der Waals surface area contributed by atoms with Gasteiger partial charge in [0.15, 0.2) is 0 Å². The summed E-state index contributed by atoms with van der Waals surface area (Å²) in [6, 6.07) is 0. The molecular weight excluding hydrogens is 152 g/mol. The minimum atomic E-state index is -1.20. The molecule has 0 radical (unpaired) electrons. The van der Waals surface area contributed by atoms with Crippen molar-refractivity contribution in [3.63, 3.8) is 0 Å². The molecule has 0 unspecified atom stereocenters. The number of aryl methyl sites for hydroxylation is 1. The minimum absolute atomic E-state index is 0.245. The summed E-state index contributed by atoms with van der Waals surface area (Å²) in [6.07, 6.45) is 2.15. The minimum Gasteiger partial charge on any atom is -0.618 e. The third kappa shape index (κ3) is 1.43. The van der Waals surface area contributed by atoms with Crippen LogP contribution in [0.4, 0.5) is 0 Å². The molecule has 58 valence electrons. The molecule has 0 aliphatic rings. The number of rotatable bonds is 1. The molecule has 0 fully saturated rings. The van der Waals surface area contributed by atoms with E-state index in [2.05, 4.69) is 4.98 Å². The first-order chi connectivity index (χ1) is 5.11. The lowest BCUT2D eigenvalue weighted by Crippen LogP contribution is -2.31. The predicted molar refractivity (Wildman–Crippen MR) is 34.9 cm³/mol. The Morgan fingerprint density at radius 1 is 1.82 bits per heavy atom. The summed E-state index contributed by atoms with van der Waals surface area (Å²) in [5, 5.41) is 19.1. The molecule has 1 rings (SSSR count). The Morgan fingerprint density at radius 3 is 2.91 bits per heavy atom.